The molecule has 0 fully saturated rings. The van der Waals surface area contributed by atoms with E-state index in [9.17, 15) is 19.7 Å². The van der Waals surface area contributed by atoms with E-state index >= 15 is 0 Å². The molecule has 0 aromatic heterocycles. The van der Waals surface area contributed by atoms with Crippen molar-refractivity contribution in [2.45, 2.75) is 6.92 Å². The minimum absolute atomic E-state index is 0.0792. The Kier molecular flexibility index (Phi) is 4.92. The monoisotopic (exact) mass is 333 g/mol. The Balaban J connectivity index is 2.04. The Morgan fingerprint density at radius 3 is 2.17 bits per heavy atom. The molecular formula is C15H12ClN3O4. The van der Waals surface area contributed by atoms with Crippen molar-refractivity contribution in [2.75, 3.05) is 0 Å². The molecule has 0 spiro atoms. The van der Waals surface area contributed by atoms with E-state index in [1.54, 1.807) is 18.2 Å². The van der Waals surface area contributed by atoms with Gasteiger partial charge in [0.05, 0.1) is 4.92 Å². The van der Waals surface area contributed by atoms with Gasteiger partial charge in [0.2, 0.25) is 0 Å². The third-order valence-electron chi connectivity index (χ3n) is 3.03. The van der Waals surface area contributed by atoms with E-state index in [0.717, 1.165) is 0 Å². The maximum atomic E-state index is 12.0. The van der Waals surface area contributed by atoms with Gasteiger partial charge >= 0.3 is 0 Å². The number of nitrogens with one attached hydrogen (secondary N) is 2. The van der Waals surface area contributed by atoms with Gasteiger partial charge in [0.1, 0.15) is 0 Å². The van der Waals surface area contributed by atoms with Crippen molar-refractivity contribution in [2.24, 2.45) is 0 Å². The van der Waals surface area contributed by atoms with Crippen LogP contribution in [0.3, 0.4) is 0 Å². The molecule has 0 heterocycles. The second kappa shape index (κ2) is 6.89. The van der Waals surface area contributed by atoms with Gasteiger partial charge in [-0.1, -0.05) is 17.7 Å². The number of nitrogens with zero attached hydrogens (tertiary/aromatic N) is 1. The van der Waals surface area contributed by atoms with E-state index in [4.69, 9.17) is 11.6 Å². The van der Waals surface area contributed by atoms with Gasteiger partial charge < -0.3 is 0 Å². The number of nitro groups is 1. The highest BCUT2D eigenvalue weighted by atomic mass is 35.5. The molecule has 0 radical (unpaired) electrons. The van der Waals surface area contributed by atoms with E-state index in [2.05, 4.69) is 10.9 Å². The molecule has 118 valence electrons. The smallest absolute Gasteiger partial charge is 0.267 e. The van der Waals surface area contributed by atoms with Crippen molar-refractivity contribution in [1.82, 2.24) is 10.9 Å². The van der Waals surface area contributed by atoms with E-state index in [1.807, 2.05) is 0 Å². The number of halogens is 1. The number of amides is 2. The molecule has 2 rings (SSSR count). The lowest BCUT2D eigenvalue weighted by Gasteiger charge is -2.08. The SMILES string of the molecule is Cc1cc(C(=O)NNC(=O)c2cccc(Cl)c2)ccc1[N+](=O)[O-]. The summed E-state index contributed by atoms with van der Waals surface area (Å²) >= 11 is 5.78. The minimum atomic E-state index is -0.585. The van der Waals surface area contributed by atoms with Crippen LogP contribution in [-0.2, 0) is 0 Å². The highest BCUT2D eigenvalue weighted by Gasteiger charge is 2.14. The van der Waals surface area contributed by atoms with Crippen molar-refractivity contribution in [1.29, 1.82) is 0 Å². The topological polar surface area (TPSA) is 101 Å². The number of hydrogen-bond acceptors (Lipinski definition) is 4. The van der Waals surface area contributed by atoms with Gasteiger partial charge in [0.25, 0.3) is 17.5 Å². The highest BCUT2D eigenvalue weighted by molar-refractivity contribution is 6.30. The summed E-state index contributed by atoms with van der Waals surface area (Å²) < 4.78 is 0. The molecule has 2 aromatic carbocycles. The Morgan fingerprint density at radius 2 is 1.65 bits per heavy atom. The van der Waals surface area contributed by atoms with E-state index in [1.165, 1.54) is 31.2 Å². The quantitative estimate of drug-likeness (QED) is 0.665. The molecule has 0 bridgehead atoms. The maximum Gasteiger partial charge on any atom is 0.272 e. The maximum absolute atomic E-state index is 12.0. The van der Waals surface area contributed by atoms with Crippen LogP contribution in [0.2, 0.25) is 5.02 Å². The highest BCUT2D eigenvalue weighted by Crippen LogP contribution is 2.18. The second-order valence-corrected chi connectivity index (χ2v) is 5.11. The average Bonchev–Trinajstić information content (AvgIpc) is 2.51. The number of benzene rings is 2. The summed E-state index contributed by atoms with van der Waals surface area (Å²) in [4.78, 5) is 34.0. The lowest BCUT2D eigenvalue weighted by atomic mass is 10.1. The van der Waals surface area contributed by atoms with E-state index in [-0.39, 0.29) is 16.8 Å². The first-order chi connectivity index (χ1) is 10.9. The zero-order chi connectivity index (χ0) is 17.0. The van der Waals surface area contributed by atoms with Gasteiger partial charge in [-0.3, -0.25) is 30.6 Å². The summed E-state index contributed by atoms with van der Waals surface area (Å²) in [5.41, 5.74) is 5.25. The molecule has 2 N–H and O–H groups in total. The summed E-state index contributed by atoms with van der Waals surface area (Å²) in [6.07, 6.45) is 0. The number of carbonyl (C=O) groups excluding carboxylic acids is 2. The molecule has 0 saturated heterocycles. The van der Waals surface area contributed by atoms with Gasteiger partial charge in [-0.05, 0) is 37.3 Å². The van der Waals surface area contributed by atoms with Crippen molar-refractivity contribution >= 4 is 29.1 Å². The molecule has 23 heavy (non-hydrogen) atoms. The summed E-state index contributed by atoms with van der Waals surface area (Å²) in [6, 6.07) is 10.2. The molecule has 2 amide bonds. The summed E-state index contributed by atoms with van der Waals surface area (Å²) in [7, 11) is 0. The van der Waals surface area contributed by atoms with Crippen LogP contribution in [0.25, 0.3) is 0 Å². The number of hydrogen-bond donors (Lipinski definition) is 2. The first-order valence-corrected chi connectivity index (χ1v) is 6.87. The summed E-state index contributed by atoms with van der Waals surface area (Å²) in [5.74, 6) is -1.11. The number of nitro benzene ring substituents is 1. The van der Waals surface area contributed by atoms with Crippen LogP contribution < -0.4 is 10.9 Å². The molecule has 8 heteroatoms. The Labute approximate surface area is 136 Å². The fourth-order valence-corrected chi connectivity index (χ4v) is 2.08. The van der Waals surface area contributed by atoms with Crippen molar-refractivity contribution in [3.63, 3.8) is 0 Å². The predicted molar refractivity (Wildman–Crippen MR) is 84.2 cm³/mol. The number of rotatable bonds is 3. The van der Waals surface area contributed by atoms with Gasteiger partial charge in [0, 0.05) is 27.8 Å². The van der Waals surface area contributed by atoms with Crippen LogP contribution >= 0.6 is 11.6 Å². The predicted octanol–water partition coefficient (Wildman–Crippen LogP) is 2.63. The minimum Gasteiger partial charge on any atom is -0.267 e. The lowest BCUT2D eigenvalue weighted by Crippen LogP contribution is -2.41. The van der Waals surface area contributed by atoms with E-state index in [0.29, 0.717) is 10.6 Å². The largest absolute Gasteiger partial charge is 0.272 e. The summed E-state index contributed by atoms with van der Waals surface area (Å²) in [5, 5.41) is 11.1. The number of hydrazine groups is 1. The zero-order valence-corrected chi connectivity index (χ0v) is 12.8. The molecule has 0 aliphatic heterocycles. The fourth-order valence-electron chi connectivity index (χ4n) is 1.89. The molecule has 0 unspecified atom stereocenters. The molecule has 0 aliphatic rings. The van der Waals surface area contributed by atoms with Crippen LogP contribution in [-0.4, -0.2) is 16.7 Å². The van der Waals surface area contributed by atoms with Crippen LogP contribution in [0.15, 0.2) is 42.5 Å². The first-order valence-electron chi connectivity index (χ1n) is 6.50. The lowest BCUT2D eigenvalue weighted by molar-refractivity contribution is -0.385. The number of carbonyl (C=O) groups is 2. The second-order valence-electron chi connectivity index (χ2n) is 4.68. The third kappa shape index (κ3) is 4.04. The Morgan fingerprint density at radius 1 is 1.04 bits per heavy atom. The number of aryl methyl sites for hydroxylation is 1. The van der Waals surface area contributed by atoms with Crippen molar-refractivity contribution < 1.29 is 14.5 Å². The molecular weight excluding hydrogens is 322 g/mol. The fraction of sp³-hybridized carbons (Fsp3) is 0.0667. The average molecular weight is 334 g/mol. The van der Waals surface area contributed by atoms with Crippen LogP contribution in [0.5, 0.6) is 0 Å². The molecule has 0 aliphatic carbocycles. The molecule has 0 atom stereocenters. The molecule has 7 nitrogen and oxygen atoms in total. The Bertz CT molecular complexity index is 792. The van der Waals surface area contributed by atoms with Crippen LogP contribution in [0.4, 0.5) is 5.69 Å². The van der Waals surface area contributed by atoms with Crippen molar-refractivity contribution in [3.8, 4) is 0 Å². The molecule has 0 saturated carbocycles. The van der Waals surface area contributed by atoms with Gasteiger partial charge in [-0.2, -0.15) is 0 Å². The van der Waals surface area contributed by atoms with E-state index < -0.39 is 16.7 Å². The Hall–Kier alpha value is -2.93. The van der Waals surface area contributed by atoms with Crippen LogP contribution in [0, 0.1) is 17.0 Å². The van der Waals surface area contributed by atoms with Gasteiger partial charge in [-0.25, -0.2) is 0 Å². The standard InChI is InChI=1S/C15H12ClN3O4/c1-9-7-11(5-6-13(9)19(22)23)15(21)18-17-14(20)10-3-2-4-12(16)8-10/h2-8H,1H3,(H,17,20)(H,18,21). The summed E-state index contributed by atoms with van der Waals surface area (Å²) in [6.45, 7) is 1.53. The first kappa shape index (κ1) is 16.4. The van der Waals surface area contributed by atoms with Gasteiger partial charge in [-0.15, -0.1) is 0 Å². The zero-order valence-electron chi connectivity index (χ0n) is 12.0. The normalized spacial score (nSPS) is 10.0. The van der Waals surface area contributed by atoms with Crippen LogP contribution in [0.1, 0.15) is 26.3 Å². The van der Waals surface area contributed by atoms with Gasteiger partial charge in [0.15, 0.2) is 0 Å². The van der Waals surface area contributed by atoms with Crippen molar-refractivity contribution in [3.05, 3.63) is 74.3 Å². The molecule has 2 aromatic rings. The third-order valence-corrected chi connectivity index (χ3v) is 3.27.